The molecule has 3 aromatic rings. The standard InChI is InChI=1S/C27H30N4O4/c1-18(24(15-28)27(34)29-16-23(33)17-32)25-7-8-26(30(25)2)21-4-3-20-14-22(6-5-19(20)13-21)31-9-11-35-12-10-31/h3-8,13-14,23,32-33H,9-12,16-17H2,1-2H3,(H,29,34)/b24-18+. The summed E-state index contributed by atoms with van der Waals surface area (Å²) in [7, 11) is 1.91. The molecule has 1 atom stereocenters. The highest BCUT2D eigenvalue weighted by Crippen LogP contribution is 2.31. The fraction of sp³-hybridized carbons (Fsp3) is 0.333. The van der Waals surface area contributed by atoms with Crippen molar-refractivity contribution in [3.8, 4) is 17.3 Å². The Balaban J connectivity index is 1.60. The number of aliphatic hydroxyl groups excluding tert-OH is 2. The van der Waals surface area contributed by atoms with Crippen LogP contribution in [0, 0.1) is 11.3 Å². The molecule has 8 nitrogen and oxygen atoms in total. The van der Waals surface area contributed by atoms with Gasteiger partial charge in [0.05, 0.1) is 25.9 Å². The van der Waals surface area contributed by atoms with Gasteiger partial charge in [-0.3, -0.25) is 4.79 Å². The van der Waals surface area contributed by atoms with Crippen LogP contribution in [0.25, 0.3) is 27.6 Å². The highest BCUT2D eigenvalue weighted by Gasteiger charge is 2.18. The number of allylic oxidation sites excluding steroid dienone is 1. The molecule has 3 N–H and O–H groups in total. The van der Waals surface area contributed by atoms with Crippen LogP contribution in [0.2, 0.25) is 0 Å². The van der Waals surface area contributed by atoms with Crippen LogP contribution in [0.3, 0.4) is 0 Å². The zero-order valence-corrected chi connectivity index (χ0v) is 20.0. The Morgan fingerprint density at radius 2 is 1.86 bits per heavy atom. The molecule has 8 heteroatoms. The van der Waals surface area contributed by atoms with E-state index in [0.29, 0.717) is 5.57 Å². The third kappa shape index (κ3) is 5.23. The van der Waals surface area contributed by atoms with Crippen LogP contribution >= 0.6 is 0 Å². The van der Waals surface area contributed by atoms with Gasteiger partial charge in [-0.25, -0.2) is 0 Å². The van der Waals surface area contributed by atoms with Crippen molar-refractivity contribution in [2.45, 2.75) is 13.0 Å². The molecule has 1 aliphatic rings. The molecule has 1 aliphatic heterocycles. The summed E-state index contributed by atoms with van der Waals surface area (Å²) >= 11 is 0. The Morgan fingerprint density at radius 1 is 1.14 bits per heavy atom. The van der Waals surface area contributed by atoms with Gasteiger partial charge in [0, 0.05) is 43.8 Å². The van der Waals surface area contributed by atoms with Crippen molar-refractivity contribution in [2.75, 3.05) is 44.4 Å². The molecule has 2 heterocycles. The Bertz CT molecular complexity index is 1300. The Hall–Kier alpha value is -3.64. The van der Waals surface area contributed by atoms with E-state index in [4.69, 9.17) is 9.84 Å². The second-order valence-corrected chi connectivity index (χ2v) is 8.67. The molecular weight excluding hydrogens is 444 g/mol. The number of fused-ring (bicyclic) bond motifs is 1. The van der Waals surface area contributed by atoms with E-state index >= 15 is 0 Å². The van der Waals surface area contributed by atoms with E-state index in [2.05, 4.69) is 46.6 Å². The largest absolute Gasteiger partial charge is 0.394 e. The molecule has 1 unspecified atom stereocenters. The van der Waals surface area contributed by atoms with Gasteiger partial charge in [-0.05, 0) is 59.2 Å². The minimum absolute atomic E-state index is 0.0305. The number of aromatic nitrogens is 1. The minimum atomic E-state index is -1.07. The van der Waals surface area contributed by atoms with Crippen molar-refractivity contribution < 1.29 is 19.7 Å². The number of benzene rings is 2. The number of rotatable bonds is 7. The van der Waals surface area contributed by atoms with Gasteiger partial charge >= 0.3 is 0 Å². The van der Waals surface area contributed by atoms with Crippen LogP contribution in [0.15, 0.2) is 54.1 Å². The first-order valence-corrected chi connectivity index (χ1v) is 11.6. The number of anilines is 1. The maximum absolute atomic E-state index is 12.5. The third-order valence-corrected chi connectivity index (χ3v) is 6.42. The van der Waals surface area contributed by atoms with Gasteiger partial charge in [0.25, 0.3) is 5.91 Å². The highest BCUT2D eigenvalue weighted by atomic mass is 16.5. The lowest BCUT2D eigenvalue weighted by Gasteiger charge is -2.29. The molecule has 0 bridgehead atoms. The molecule has 1 fully saturated rings. The lowest BCUT2D eigenvalue weighted by atomic mass is 10.0. The number of ether oxygens (including phenoxy) is 1. The Morgan fingerprint density at radius 3 is 2.57 bits per heavy atom. The molecular formula is C27H30N4O4. The van der Waals surface area contributed by atoms with Gasteiger partial charge < -0.3 is 29.7 Å². The van der Waals surface area contributed by atoms with Crippen LogP contribution in [-0.4, -0.2) is 66.2 Å². The zero-order chi connectivity index (χ0) is 24.9. The first-order chi connectivity index (χ1) is 16.9. The summed E-state index contributed by atoms with van der Waals surface area (Å²) in [5.41, 5.74) is 4.45. The van der Waals surface area contributed by atoms with Crippen molar-refractivity contribution in [3.63, 3.8) is 0 Å². The molecule has 35 heavy (non-hydrogen) atoms. The van der Waals surface area contributed by atoms with Gasteiger partial charge in [0.15, 0.2) is 0 Å². The monoisotopic (exact) mass is 474 g/mol. The number of nitrogens with zero attached hydrogens (tertiary/aromatic N) is 3. The molecule has 0 saturated carbocycles. The van der Waals surface area contributed by atoms with Gasteiger partial charge in [0.1, 0.15) is 11.6 Å². The number of amides is 1. The lowest BCUT2D eigenvalue weighted by Crippen LogP contribution is -2.36. The lowest BCUT2D eigenvalue weighted by molar-refractivity contribution is -0.117. The molecule has 182 valence electrons. The smallest absolute Gasteiger partial charge is 0.262 e. The minimum Gasteiger partial charge on any atom is -0.394 e. The molecule has 0 spiro atoms. The summed E-state index contributed by atoms with van der Waals surface area (Å²) in [4.78, 5) is 14.8. The van der Waals surface area contributed by atoms with E-state index in [1.165, 1.54) is 5.69 Å². The van der Waals surface area contributed by atoms with Crippen LogP contribution in [0.5, 0.6) is 0 Å². The average molecular weight is 475 g/mol. The van der Waals surface area contributed by atoms with E-state index in [-0.39, 0.29) is 12.1 Å². The van der Waals surface area contributed by atoms with E-state index in [0.717, 1.165) is 54.0 Å². The third-order valence-electron chi connectivity index (χ3n) is 6.42. The maximum atomic E-state index is 12.5. The highest BCUT2D eigenvalue weighted by molar-refractivity contribution is 6.04. The van der Waals surface area contributed by atoms with Crippen molar-refractivity contribution in [2.24, 2.45) is 7.05 Å². The summed E-state index contributed by atoms with van der Waals surface area (Å²) in [5, 5.41) is 32.8. The number of nitrogens with one attached hydrogen (secondary N) is 1. The van der Waals surface area contributed by atoms with Gasteiger partial charge in [-0.15, -0.1) is 0 Å². The first-order valence-electron chi connectivity index (χ1n) is 11.6. The first kappa shape index (κ1) is 24.5. The summed E-state index contributed by atoms with van der Waals surface area (Å²) in [5.74, 6) is -0.581. The molecule has 1 saturated heterocycles. The van der Waals surface area contributed by atoms with Crippen molar-refractivity contribution in [1.29, 1.82) is 5.26 Å². The molecule has 0 radical (unpaired) electrons. The van der Waals surface area contributed by atoms with Crippen LogP contribution in [0.1, 0.15) is 12.6 Å². The zero-order valence-electron chi connectivity index (χ0n) is 20.0. The number of morpholine rings is 1. The summed E-state index contributed by atoms with van der Waals surface area (Å²) in [6.07, 6.45) is -1.07. The Labute approximate surface area is 204 Å². The second-order valence-electron chi connectivity index (χ2n) is 8.67. The fourth-order valence-corrected chi connectivity index (χ4v) is 4.38. The number of hydrogen-bond donors (Lipinski definition) is 3. The number of aliphatic hydroxyl groups is 2. The fourth-order valence-electron chi connectivity index (χ4n) is 4.38. The quantitative estimate of drug-likeness (QED) is 0.358. The van der Waals surface area contributed by atoms with E-state index in [1.807, 2.05) is 29.8 Å². The second kappa shape index (κ2) is 10.7. The maximum Gasteiger partial charge on any atom is 0.262 e. The normalized spacial score (nSPS) is 15.5. The molecule has 1 amide bonds. The van der Waals surface area contributed by atoms with Crippen LogP contribution < -0.4 is 10.2 Å². The average Bonchev–Trinajstić information content (AvgIpc) is 3.28. The summed E-state index contributed by atoms with van der Waals surface area (Å²) in [6, 6.07) is 18.7. The topological polar surface area (TPSA) is 111 Å². The molecule has 2 aromatic carbocycles. The van der Waals surface area contributed by atoms with Crippen LogP contribution in [0.4, 0.5) is 5.69 Å². The predicted octanol–water partition coefficient (Wildman–Crippen LogP) is 2.45. The Kier molecular flexibility index (Phi) is 7.51. The molecule has 0 aliphatic carbocycles. The van der Waals surface area contributed by atoms with Gasteiger partial charge in [-0.2, -0.15) is 5.26 Å². The summed E-state index contributed by atoms with van der Waals surface area (Å²) < 4.78 is 7.42. The van der Waals surface area contributed by atoms with E-state index < -0.39 is 18.6 Å². The van der Waals surface area contributed by atoms with Gasteiger partial charge in [-0.1, -0.05) is 18.2 Å². The molecule has 1 aromatic heterocycles. The number of carbonyl (C=O) groups is 1. The van der Waals surface area contributed by atoms with E-state index in [1.54, 1.807) is 6.92 Å². The predicted molar refractivity (Wildman–Crippen MR) is 136 cm³/mol. The number of nitriles is 1. The van der Waals surface area contributed by atoms with Crippen molar-refractivity contribution in [1.82, 2.24) is 9.88 Å². The van der Waals surface area contributed by atoms with Crippen molar-refractivity contribution >= 4 is 27.9 Å². The van der Waals surface area contributed by atoms with Crippen molar-refractivity contribution in [3.05, 3.63) is 59.8 Å². The van der Waals surface area contributed by atoms with E-state index in [9.17, 15) is 15.2 Å². The van der Waals surface area contributed by atoms with Crippen LogP contribution in [-0.2, 0) is 16.6 Å². The number of carbonyl (C=O) groups excluding carboxylic acids is 1. The molecule has 4 rings (SSSR count). The van der Waals surface area contributed by atoms with Gasteiger partial charge in [0.2, 0.25) is 0 Å². The number of hydrogen-bond acceptors (Lipinski definition) is 6. The summed E-state index contributed by atoms with van der Waals surface area (Å²) in [6.45, 7) is 4.43. The SMILES string of the molecule is C/C(=C(/C#N)C(=O)NCC(O)CO)c1ccc(-c2ccc3cc(N4CCOCC4)ccc3c2)n1C.